The molecular weight excluding hydrogens is 404 g/mol. The Morgan fingerprint density at radius 3 is 2.65 bits per heavy atom. The van der Waals surface area contributed by atoms with Gasteiger partial charge in [-0.1, -0.05) is 62.4 Å². The lowest BCUT2D eigenvalue weighted by atomic mass is 9.86. The van der Waals surface area contributed by atoms with Crippen LogP contribution in [0, 0.1) is 17.2 Å². The molecule has 31 heavy (non-hydrogen) atoms. The van der Waals surface area contributed by atoms with Gasteiger partial charge in [0.1, 0.15) is 6.54 Å². The SMILES string of the molecule is CC(C)CC(SCC1(N2CCNCC2)C=CC(c2ccccc2)=CC1)C(=O)NCC#N. The average Bonchev–Trinajstić information content (AvgIpc) is 2.81. The van der Waals surface area contributed by atoms with Gasteiger partial charge in [0.2, 0.25) is 5.91 Å². The van der Waals surface area contributed by atoms with E-state index in [1.54, 1.807) is 11.8 Å². The van der Waals surface area contributed by atoms with E-state index in [4.69, 9.17) is 5.26 Å². The Kier molecular flexibility index (Phi) is 8.77. The summed E-state index contributed by atoms with van der Waals surface area (Å²) in [6.07, 6.45) is 8.73. The number of hydrogen-bond donors (Lipinski definition) is 2. The summed E-state index contributed by atoms with van der Waals surface area (Å²) in [5, 5.41) is 14.9. The van der Waals surface area contributed by atoms with Gasteiger partial charge in [-0.3, -0.25) is 9.69 Å². The van der Waals surface area contributed by atoms with E-state index in [-0.39, 0.29) is 23.2 Å². The van der Waals surface area contributed by atoms with Gasteiger partial charge in [0.15, 0.2) is 0 Å². The highest BCUT2D eigenvalue weighted by Crippen LogP contribution is 2.36. The predicted octanol–water partition coefficient (Wildman–Crippen LogP) is 3.46. The molecule has 3 rings (SSSR count). The van der Waals surface area contributed by atoms with Crippen molar-refractivity contribution < 1.29 is 4.79 Å². The van der Waals surface area contributed by atoms with Crippen molar-refractivity contribution in [2.24, 2.45) is 5.92 Å². The second-order valence-corrected chi connectivity index (χ2v) is 9.90. The average molecular weight is 439 g/mol. The van der Waals surface area contributed by atoms with Crippen LogP contribution in [0.2, 0.25) is 0 Å². The summed E-state index contributed by atoms with van der Waals surface area (Å²) in [6.45, 7) is 8.37. The fourth-order valence-electron chi connectivity index (χ4n) is 4.22. The summed E-state index contributed by atoms with van der Waals surface area (Å²) in [5.74, 6) is 1.27. The molecule has 2 N–H and O–H groups in total. The van der Waals surface area contributed by atoms with E-state index in [9.17, 15) is 4.79 Å². The number of carbonyl (C=O) groups is 1. The Labute approximate surface area is 191 Å². The number of piperazine rings is 1. The fraction of sp³-hybridized carbons (Fsp3) is 0.520. The van der Waals surface area contributed by atoms with E-state index in [0.29, 0.717) is 5.92 Å². The molecular formula is C25H34N4OS. The first-order valence-corrected chi connectivity index (χ1v) is 12.3. The molecule has 166 valence electrons. The largest absolute Gasteiger partial charge is 0.342 e. The molecule has 1 heterocycles. The number of benzene rings is 1. The van der Waals surface area contributed by atoms with Crippen LogP contribution < -0.4 is 10.6 Å². The van der Waals surface area contributed by atoms with Crippen LogP contribution in [-0.4, -0.2) is 60.1 Å². The first-order valence-electron chi connectivity index (χ1n) is 11.2. The van der Waals surface area contributed by atoms with E-state index in [0.717, 1.165) is 44.8 Å². The molecule has 0 bridgehead atoms. The number of carbonyl (C=O) groups excluding carboxylic acids is 1. The van der Waals surface area contributed by atoms with Crippen LogP contribution in [0.15, 0.2) is 48.6 Å². The first kappa shape index (κ1) is 23.6. The van der Waals surface area contributed by atoms with Crippen molar-refractivity contribution in [1.82, 2.24) is 15.5 Å². The molecule has 2 aliphatic rings. The number of allylic oxidation sites excluding steroid dienone is 2. The van der Waals surface area contributed by atoms with Gasteiger partial charge in [-0.2, -0.15) is 5.26 Å². The minimum Gasteiger partial charge on any atom is -0.342 e. The molecule has 0 radical (unpaired) electrons. The van der Waals surface area contributed by atoms with E-state index in [1.165, 1.54) is 11.1 Å². The monoisotopic (exact) mass is 438 g/mol. The van der Waals surface area contributed by atoms with E-state index in [2.05, 4.69) is 71.9 Å². The first-order chi connectivity index (χ1) is 15.0. The molecule has 1 amide bonds. The zero-order valence-electron chi connectivity index (χ0n) is 18.6. The van der Waals surface area contributed by atoms with Crippen molar-refractivity contribution in [3.8, 4) is 6.07 Å². The van der Waals surface area contributed by atoms with E-state index in [1.807, 2.05) is 12.1 Å². The van der Waals surface area contributed by atoms with E-state index < -0.39 is 0 Å². The number of nitriles is 1. The van der Waals surface area contributed by atoms with Gasteiger partial charge in [-0.05, 0) is 29.9 Å². The van der Waals surface area contributed by atoms with Crippen molar-refractivity contribution in [3.63, 3.8) is 0 Å². The van der Waals surface area contributed by atoms with Crippen LogP contribution in [0.3, 0.4) is 0 Å². The Hall–Kier alpha value is -2.07. The standard InChI is InChI=1S/C25H34N4OS/c1-20(2)18-23(24(30)28-13-12-26)31-19-25(29-16-14-27-15-17-29)10-8-22(9-11-25)21-6-4-3-5-7-21/h3-10,20,23,27H,11,13-19H2,1-2H3,(H,28,30). The molecule has 1 fully saturated rings. The molecule has 5 nitrogen and oxygen atoms in total. The molecule has 2 unspecified atom stereocenters. The number of hydrogen-bond acceptors (Lipinski definition) is 5. The Morgan fingerprint density at radius 1 is 1.29 bits per heavy atom. The van der Waals surface area contributed by atoms with Crippen LogP contribution in [0.5, 0.6) is 0 Å². The molecule has 1 aliphatic heterocycles. The Morgan fingerprint density at radius 2 is 2.03 bits per heavy atom. The topological polar surface area (TPSA) is 68.2 Å². The number of nitrogens with one attached hydrogen (secondary N) is 2. The third-order valence-electron chi connectivity index (χ3n) is 5.96. The molecule has 1 saturated heterocycles. The second-order valence-electron chi connectivity index (χ2n) is 8.71. The minimum atomic E-state index is -0.138. The van der Waals surface area contributed by atoms with Gasteiger partial charge in [-0.25, -0.2) is 0 Å². The lowest BCUT2D eigenvalue weighted by Gasteiger charge is -2.45. The minimum absolute atomic E-state index is 0.0176. The van der Waals surface area contributed by atoms with Gasteiger partial charge in [0.05, 0.1) is 16.9 Å². The molecule has 6 heteroatoms. The summed E-state index contributed by atoms with van der Waals surface area (Å²) >= 11 is 1.74. The van der Waals surface area contributed by atoms with E-state index >= 15 is 0 Å². The quantitative estimate of drug-likeness (QED) is 0.578. The smallest absolute Gasteiger partial charge is 0.233 e. The second kappa shape index (κ2) is 11.5. The zero-order valence-corrected chi connectivity index (χ0v) is 19.5. The Balaban J connectivity index is 1.76. The van der Waals surface area contributed by atoms with Crippen LogP contribution in [0.4, 0.5) is 0 Å². The van der Waals surface area contributed by atoms with Crippen molar-refractivity contribution in [2.45, 2.75) is 37.5 Å². The third-order valence-corrected chi connectivity index (χ3v) is 7.43. The van der Waals surface area contributed by atoms with Gasteiger partial charge >= 0.3 is 0 Å². The fourth-order valence-corrected chi connectivity index (χ4v) is 5.86. The summed E-state index contributed by atoms with van der Waals surface area (Å²) in [6, 6.07) is 12.5. The van der Waals surface area contributed by atoms with Crippen LogP contribution in [-0.2, 0) is 4.79 Å². The highest BCUT2D eigenvalue weighted by atomic mass is 32.2. The highest BCUT2D eigenvalue weighted by molar-refractivity contribution is 8.00. The number of nitrogens with zero attached hydrogens (tertiary/aromatic N) is 2. The van der Waals surface area contributed by atoms with Crippen LogP contribution in [0.25, 0.3) is 5.57 Å². The number of thioether (sulfide) groups is 1. The molecule has 1 aromatic carbocycles. The van der Waals surface area contributed by atoms with Crippen molar-refractivity contribution >= 4 is 23.2 Å². The van der Waals surface area contributed by atoms with Gasteiger partial charge in [0, 0.05) is 31.9 Å². The summed E-state index contributed by atoms with van der Waals surface area (Å²) in [7, 11) is 0. The number of rotatable bonds is 9. The summed E-state index contributed by atoms with van der Waals surface area (Å²) in [5.41, 5.74) is 2.42. The maximum atomic E-state index is 12.7. The maximum absolute atomic E-state index is 12.7. The Bertz CT molecular complexity index is 824. The molecule has 2 atom stereocenters. The van der Waals surface area contributed by atoms with Crippen molar-refractivity contribution in [3.05, 3.63) is 54.1 Å². The van der Waals surface area contributed by atoms with Crippen LogP contribution in [0.1, 0.15) is 32.3 Å². The molecule has 0 aromatic heterocycles. The molecule has 0 spiro atoms. The summed E-state index contributed by atoms with van der Waals surface area (Å²) in [4.78, 5) is 15.3. The van der Waals surface area contributed by atoms with Gasteiger partial charge in [0.25, 0.3) is 0 Å². The molecule has 0 saturated carbocycles. The lowest BCUT2D eigenvalue weighted by molar-refractivity contribution is -0.120. The lowest BCUT2D eigenvalue weighted by Crippen LogP contribution is -2.57. The zero-order chi connectivity index (χ0) is 22.1. The van der Waals surface area contributed by atoms with Crippen molar-refractivity contribution in [2.75, 3.05) is 38.5 Å². The van der Waals surface area contributed by atoms with Crippen molar-refractivity contribution in [1.29, 1.82) is 5.26 Å². The van der Waals surface area contributed by atoms with Gasteiger partial charge < -0.3 is 10.6 Å². The predicted molar refractivity (Wildman–Crippen MR) is 130 cm³/mol. The van der Waals surface area contributed by atoms with Gasteiger partial charge in [-0.15, -0.1) is 11.8 Å². The summed E-state index contributed by atoms with van der Waals surface area (Å²) < 4.78 is 0. The van der Waals surface area contributed by atoms with Crippen LogP contribution >= 0.6 is 11.8 Å². The highest BCUT2D eigenvalue weighted by Gasteiger charge is 2.37. The molecule has 1 aromatic rings. The number of amides is 1. The molecule has 1 aliphatic carbocycles. The third kappa shape index (κ3) is 6.46. The maximum Gasteiger partial charge on any atom is 0.233 e. The normalized spacial score (nSPS) is 22.6.